The Balaban J connectivity index is 0.896. The van der Waals surface area contributed by atoms with E-state index < -0.39 is 5.91 Å². The van der Waals surface area contributed by atoms with E-state index >= 15 is 4.39 Å². The number of hydrogen-bond donors (Lipinski definition) is 3. The molecule has 0 saturated carbocycles. The average Bonchev–Trinajstić information content (AvgIpc) is 3.13. The van der Waals surface area contributed by atoms with Gasteiger partial charge in [0.1, 0.15) is 5.82 Å². The van der Waals surface area contributed by atoms with E-state index in [-0.39, 0.29) is 29.3 Å². The fourth-order valence-electron chi connectivity index (χ4n) is 7.62. The minimum absolute atomic E-state index is 0.0869. The Hall–Kier alpha value is -5.05. The summed E-state index contributed by atoms with van der Waals surface area (Å²) in [6.45, 7) is 10.2. The zero-order valence-electron chi connectivity index (χ0n) is 29.1. The van der Waals surface area contributed by atoms with Gasteiger partial charge < -0.3 is 25.8 Å². The molecule has 0 atom stereocenters. The van der Waals surface area contributed by atoms with Crippen LogP contribution in [0, 0.1) is 18.7 Å². The molecule has 4 fully saturated rings. The Morgan fingerprint density at radius 1 is 0.882 bits per heavy atom. The van der Waals surface area contributed by atoms with Crippen molar-refractivity contribution < 1.29 is 18.8 Å². The van der Waals surface area contributed by atoms with Crippen molar-refractivity contribution >= 4 is 52.4 Å². The number of aromatic nitrogens is 3. The maximum atomic E-state index is 15.5. The average molecular weight is 700 g/mol. The molecule has 5 heterocycles. The molecule has 4 saturated heterocycles. The van der Waals surface area contributed by atoms with Gasteiger partial charge in [-0.1, -0.05) is 0 Å². The lowest BCUT2D eigenvalue weighted by atomic mass is 9.95. The number of carbonyl (C=O) groups excluding carboxylic acids is 3. The summed E-state index contributed by atoms with van der Waals surface area (Å²) in [5.41, 5.74) is 9.47. The summed E-state index contributed by atoms with van der Waals surface area (Å²) >= 11 is 0. The number of nitrogens with one attached hydrogen (secondary N) is 2. The van der Waals surface area contributed by atoms with Gasteiger partial charge >= 0.3 is 6.03 Å². The van der Waals surface area contributed by atoms with Crippen molar-refractivity contribution in [2.45, 2.75) is 45.4 Å². The molecule has 1 aromatic heterocycles. The number of piperazine rings is 1. The molecule has 3 aromatic rings. The van der Waals surface area contributed by atoms with Gasteiger partial charge in [-0.15, -0.1) is 10.2 Å². The van der Waals surface area contributed by atoms with Crippen LogP contribution >= 0.6 is 0 Å². The number of carbonyl (C=O) groups is 3. The summed E-state index contributed by atoms with van der Waals surface area (Å²) in [7, 11) is 0. The van der Waals surface area contributed by atoms with E-state index in [0.717, 1.165) is 108 Å². The fourth-order valence-corrected chi connectivity index (χ4v) is 7.62. The van der Waals surface area contributed by atoms with Crippen LogP contribution < -0.4 is 36.0 Å². The van der Waals surface area contributed by atoms with Crippen LogP contribution in [0.5, 0.6) is 0 Å². The van der Waals surface area contributed by atoms with Crippen molar-refractivity contribution in [1.29, 1.82) is 0 Å². The van der Waals surface area contributed by atoms with Gasteiger partial charge in [-0.3, -0.25) is 24.7 Å². The molecule has 51 heavy (non-hydrogen) atoms. The predicted octanol–water partition coefficient (Wildman–Crippen LogP) is 3.64. The number of rotatable bonds is 9. The molecule has 14 nitrogen and oxygen atoms in total. The van der Waals surface area contributed by atoms with Crippen LogP contribution in [0.2, 0.25) is 0 Å². The third-order valence-electron chi connectivity index (χ3n) is 10.5. The highest BCUT2D eigenvalue weighted by Gasteiger charge is 2.28. The number of halogens is 1. The van der Waals surface area contributed by atoms with Crippen LogP contribution in [-0.2, 0) is 4.79 Å². The molecule has 2 aromatic carbocycles. The second-order valence-corrected chi connectivity index (χ2v) is 14.0. The molecule has 4 aliphatic heterocycles. The van der Waals surface area contributed by atoms with E-state index in [2.05, 4.69) is 52.6 Å². The van der Waals surface area contributed by atoms with Crippen molar-refractivity contribution in [2.24, 2.45) is 11.7 Å². The monoisotopic (exact) mass is 699 g/mol. The zero-order valence-corrected chi connectivity index (χ0v) is 29.1. The summed E-state index contributed by atoms with van der Waals surface area (Å²) in [6.07, 6.45) is 5.73. The van der Waals surface area contributed by atoms with Gasteiger partial charge in [0, 0.05) is 88.9 Å². The molecule has 7 rings (SSSR count). The van der Waals surface area contributed by atoms with Gasteiger partial charge in [0.15, 0.2) is 11.5 Å². The van der Waals surface area contributed by atoms with Crippen LogP contribution in [0.1, 0.15) is 54.6 Å². The number of amides is 4. The molecule has 4 amide bonds. The Morgan fingerprint density at radius 3 is 2.31 bits per heavy atom. The van der Waals surface area contributed by atoms with Gasteiger partial charge in [-0.25, -0.2) is 9.18 Å². The maximum Gasteiger partial charge on any atom is 0.328 e. The van der Waals surface area contributed by atoms with Crippen molar-refractivity contribution in [2.75, 3.05) is 90.4 Å². The first-order valence-corrected chi connectivity index (χ1v) is 18.0. The molecular weight excluding hydrogens is 653 g/mol. The minimum atomic E-state index is -0.755. The summed E-state index contributed by atoms with van der Waals surface area (Å²) in [5.74, 6) is -0.143. The van der Waals surface area contributed by atoms with Gasteiger partial charge in [0.05, 0.1) is 5.69 Å². The number of urea groups is 1. The molecule has 0 bridgehead atoms. The van der Waals surface area contributed by atoms with E-state index in [9.17, 15) is 14.4 Å². The molecule has 4 N–H and O–H groups in total. The number of nitrogens with zero attached hydrogens (tertiary/aromatic N) is 8. The highest BCUT2D eigenvalue weighted by molar-refractivity contribution is 6.06. The number of benzene rings is 2. The smallest absolute Gasteiger partial charge is 0.328 e. The van der Waals surface area contributed by atoms with E-state index in [4.69, 9.17) is 5.73 Å². The van der Waals surface area contributed by atoms with Crippen molar-refractivity contribution in [1.82, 2.24) is 25.4 Å². The largest absolute Gasteiger partial charge is 0.372 e. The van der Waals surface area contributed by atoms with Crippen molar-refractivity contribution in [3.05, 3.63) is 53.5 Å². The quantitative estimate of drug-likeness (QED) is 0.300. The third kappa shape index (κ3) is 7.82. The molecular formula is C36H46FN11O3. The van der Waals surface area contributed by atoms with E-state index in [1.165, 1.54) is 6.07 Å². The highest BCUT2D eigenvalue weighted by atomic mass is 19.1. The van der Waals surface area contributed by atoms with Gasteiger partial charge in [-0.05, 0) is 86.9 Å². The van der Waals surface area contributed by atoms with Crippen LogP contribution in [0.3, 0.4) is 0 Å². The lowest BCUT2D eigenvalue weighted by molar-refractivity contribution is -0.120. The number of primary amides is 1. The third-order valence-corrected chi connectivity index (χ3v) is 10.5. The predicted molar refractivity (Wildman–Crippen MR) is 194 cm³/mol. The standard InChI is InChI=1S/C36H46FN11O3/c1-24-21-27(6-8-29(24)48-16-11-31(49)40-36(48)51)45-14-9-25(10-15-45)23-44-17-19-46(20-18-44)30-7-5-26(22-28(30)37)39-34-32(33(38)50)42-43-35(41-34)47-12-3-2-4-13-47/h5-8,21-22,25H,2-4,9-20,23H2,1H3,(H2,38,50)(H,39,41,43)(H,40,49,51). The number of nitrogens with two attached hydrogens (primary N) is 1. The first-order chi connectivity index (χ1) is 24.7. The van der Waals surface area contributed by atoms with Crippen LogP contribution in [0.25, 0.3) is 0 Å². The Labute approximate surface area is 297 Å². The van der Waals surface area contributed by atoms with Crippen LogP contribution in [-0.4, -0.2) is 103 Å². The number of aryl methyl sites for hydroxylation is 1. The van der Waals surface area contributed by atoms with Crippen molar-refractivity contribution in [3.8, 4) is 0 Å². The van der Waals surface area contributed by atoms with E-state index in [1.807, 2.05) is 17.9 Å². The molecule has 0 radical (unpaired) electrons. The van der Waals surface area contributed by atoms with Gasteiger partial charge in [0.25, 0.3) is 5.91 Å². The second kappa shape index (κ2) is 15.1. The lowest BCUT2D eigenvalue weighted by Crippen LogP contribution is -2.49. The van der Waals surface area contributed by atoms with Gasteiger partial charge in [-0.2, -0.15) is 4.98 Å². The zero-order chi connectivity index (χ0) is 35.5. The Kier molecular flexibility index (Phi) is 10.2. The molecule has 15 heteroatoms. The normalized spacial score (nSPS) is 19.3. The highest BCUT2D eigenvalue weighted by Crippen LogP contribution is 2.31. The topological polar surface area (TPSA) is 156 Å². The Morgan fingerprint density at radius 2 is 1.63 bits per heavy atom. The molecule has 0 spiro atoms. The second-order valence-electron chi connectivity index (χ2n) is 14.0. The molecule has 270 valence electrons. The molecule has 0 unspecified atom stereocenters. The Bertz CT molecular complexity index is 1770. The summed E-state index contributed by atoms with van der Waals surface area (Å²) in [5, 5.41) is 13.6. The first-order valence-electron chi connectivity index (χ1n) is 18.0. The number of piperidine rings is 2. The number of imide groups is 1. The SMILES string of the molecule is Cc1cc(N2CCC(CN3CCN(c4ccc(Nc5nc(N6CCCCC6)nnc5C(N)=O)cc4F)CC3)CC2)ccc1N1CCC(=O)NC1=O. The molecule has 4 aliphatic rings. The maximum absolute atomic E-state index is 15.5. The summed E-state index contributed by atoms with van der Waals surface area (Å²) < 4.78 is 15.5. The summed E-state index contributed by atoms with van der Waals surface area (Å²) in [4.78, 5) is 51.1. The minimum Gasteiger partial charge on any atom is -0.372 e. The number of hydrogen-bond acceptors (Lipinski definition) is 11. The number of anilines is 6. The molecule has 0 aliphatic carbocycles. The van der Waals surface area contributed by atoms with Crippen LogP contribution in [0.4, 0.5) is 43.7 Å². The van der Waals surface area contributed by atoms with Crippen molar-refractivity contribution in [3.63, 3.8) is 0 Å². The van der Waals surface area contributed by atoms with Crippen LogP contribution in [0.15, 0.2) is 36.4 Å². The fraction of sp³-hybridized carbons (Fsp3) is 0.500. The van der Waals surface area contributed by atoms with E-state index in [1.54, 1.807) is 17.0 Å². The van der Waals surface area contributed by atoms with Gasteiger partial charge in [0.2, 0.25) is 11.9 Å². The first kappa shape index (κ1) is 34.4. The summed E-state index contributed by atoms with van der Waals surface area (Å²) in [6, 6.07) is 10.8. The van der Waals surface area contributed by atoms with E-state index in [0.29, 0.717) is 36.2 Å². The lowest BCUT2D eigenvalue weighted by Gasteiger charge is -2.40.